The molecule has 38 heavy (non-hydrogen) atoms. The number of esters is 1. The number of alkyl halides is 3. The number of carbonyl (C=O) groups is 2. The van der Waals surface area contributed by atoms with Crippen molar-refractivity contribution < 1.29 is 37.0 Å². The van der Waals surface area contributed by atoms with E-state index >= 15 is 0 Å². The summed E-state index contributed by atoms with van der Waals surface area (Å²) in [5, 5.41) is 14.7. The summed E-state index contributed by atoms with van der Waals surface area (Å²) in [6.45, 7) is 7.50. The van der Waals surface area contributed by atoms with E-state index in [1.165, 1.54) is 10.7 Å². The zero-order valence-corrected chi connectivity index (χ0v) is 20.5. The van der Waals surface area contributed by atoms with Crippen molar-refractivity contribution >= 4 is 28.9 Å². The molecule has 3 aromatic heterocycles. The normalized spacial score (nSPS) is 13.3. The van der Waals surface area contributed by atoms with Crippen LogP contribution < -0.4 is 15.8 Å². The quantitative estimate of drug-likeness (QED) is 0.350. The summed E-state index contributed by atoms with van der Waals surface area (Å²) in [4.78, 5) is 40.8. The number of imidazole rings is 1. The third kappa shape index (κ3) is 6.71. The van der Waals surface area contributed by atoms with E-state index in [1.807, 2.05) is 4.57 Å². The van der Waals surface area contributed by atoms with Crippen LogP contribution in [0.1, 0.15) is 30.2 Å². The topological polar surface area (TPSA) is 145 Å². The Morgan fingerprint density at radius 3 is 2.55 bits per heavy atom. The number of halogens is 3. The number of aliphatic carboxylic acids is 1. The number of carboxylic acids is 1. The lowest BCUT2D eigenvalue weighted by Gasteiger charge is -2.28. The van der Waals surface area contributed by atoms with Crippen molar-refractivity contribution in [2.45, 2.75) is 33.1 Å². The lowest BCUT2D eigenvalue weighted by Crippen LogP contribution is -2.44. The fourth-order valence-electron chi connectivity index (χ4n) is 3.52. The van der Waals surface area contributed by atoms with E-state index in [-0.39, 0.29) is 24.5 Å². The average molecular weight is 538 g/mol. The Kier molecular flexibility index (Phi) is 9.13. The van der Waals surface area contributed by atoms with Crippen molar-refractivity contribution in [2.24, 2.45) is 0 Å². The highest BCUT2D eigenvalue weighted by Crippen LogP contribution is 2.20. The first kappa shape index (κ1) is 28.3. The highest BCUT2D eigenvalue weighted by molar-refractivity contribution is 5.86. The Bertz CT molecular complexity index is 1410. The van der Waals surface area contributed by atoms with E-state index in [0.717, 1.165) is 32.1 Å². The smallest absolute Gasteiger partial charge is 0.475 e. The molecule has 12 nitrogen and oxygen atoms in total. The molecule has 0 amide bonds. The summed E-state index contributed by atoms with van der Waals surface area (Å²) < 4.78 is 45.4. The van der Waals surface area contributed by atoms with E-state index in [2.05, 4.69) is 32.1 Å². The minimum atomic E-state index is -5.08. The van der Waals surface area contributed by atoms with Crippen molar-refractivity contribution in [1.29, 1.82) is 0 Å². The van der Waals surface area contributed by atoms with Gasteiger partial charge in [-0.1, -0.05) is 5.92 Å². The second kappa shape index (κ2) is 12.3. The van der Waals surface area contributed by atoms with Crippen LogP contribution in [0.2, 0.25) is 0 Å². The summed E-state index contributed by atoms with van der Waals surface area (Å²) in [5.74, 6) is 3.87. The second-order valence-corrected chi connectivity index (χ2v) is 7.79. The fraction of sp³-hybridized carbons (Fsp3) is 0.435. The van der Waals surface area contributed by atoms with Crippen LogP contribution >= 0.6 is 0 Å². The maximum absolute atomic E-state index is 13.3. The molecule has 0 saturated carbocycles. The predicted octanol–water partition coefficient (Wildman–Crippen LogP) is 1.48. The molecule has 4 heterocycles. The van der Waals surface area contributed by atoms with E-state index < -0.39 is 18.1 Å². The molecule has 1 aliphatic heterocycles. The summed E-state index contributed by atoms with van der Waals surface area (Å²) in [6, 6.07) is 3.16. The van der Waals surface area contributed by atoms with Gasteiger partial charge in [0.1, 0.15) is 23.3 Å². The molecule has 204 valence electrons. The Hall–Kier alpha value is -4.32. The molecule has 0 unspecified atom stereocenters. The molecule has 0 aromatic carbocycles. The molecule has 0 atom stereocenters. The van der Waals surface area contributed by atoms with E-state index in [1.54, 1.807) is 26.1 Å². The van der Waals surface area contributed by atoms with Gasteiger partial charge in [-0.25, -0.2) is 19.3 Å². The van der Waals surface area contributed by atoms with Gasteiger partial charge in [0, 0.05) is 26.2 Å². The monoisotopic (exact) mass is 538 g/mol. The molecule has 0 bridgehead atoms. The minimum absolute atomic E-state index is 0.0851. The van der Waals surface area contributed by atoms with Crippen LogP contribution in [0.4, 0.5) is 19.1 Å². The average Bonchev–Trinajstić information content (AvgIpc) is 3.50. The van der Waals surface area contributed by atoms with E-state index in [9.17, 15) is 22.8 Å². The van der Waals surface area contributed by atoms with Gasteiger partial charge in [0.15, 0.2) is 0 Å². The number of piperazine rings is 1. The van der Waals surface area contributed by atoms with E-state index in [0.29, 0.717) is 23.3 Å². The minimum Gasteiger partial charge on any atom is -0.475 e. The number of nitrogens with one attached hydrogen (secondary N) is 1. The highest BCUT2D eigenvalue weighted by atomic mass is 19.4. The molecule has 3 aromatic rings. The summed E-state index contributed by atoms with van der Waals surface area (Å²) in [7, 11) is 0. The molecule has 1 aliphatic rings. The molecule has 0 radical (unpaired) electrons. The standard InChI is InChI=1S/C21H24N6O4.C2HF3O2/c1-3-5-10-26-18-16(24-21(26)25-11-8-22-9-12-25)13-23-27(19(18)28)14-15-6-7-17(31-15)20(29)30-4-2;3-2(4,5)1(6)7/h6-7,13,22H,4,8-12,14H2,1-2H3;(H,6,7). The Labute approximate surface area is 214 Å². The van der Waals surface area contributed by atoms with Crippen molar-refractivity contribution in [2.75, 3.05) is 37.7 Å². The largest absolute Gasteiger partial charge is 0.490 e. The van der Waals surface area contributed by atoms with Crippen molar-refractivity contribution in [3.63, 3.8) is 0 Å². The Balaban J connectivity index is 0.000000505. The number of furan rings is 1. The summed E-state index contributed by atoms with van der Waals surface area (Å²) in [5.41, 5.74) is 0.682. The summed E-state index contributed by atoms with van der Waals surface area (Å²) >= 11 is 0. The van der Waals surface area contributed by atoms with Crippen LogP contribution in [0, 0.1) is 11.8 Å². The zero-order chi connectivity index (χ0) is 27.9. The van der Waals surface area contributed by atoms with Crippen molar-refractivity contribution in [3.8, 4) is 11.8 Å². The van der Waals surface area contributed by atoms with Gasteiger partial charge in [-0.2, -0.15) is 18.3 Å². The van der Waals surface area contributed by atoms with Gasteiger partial charge in [0.2, 0.25) is 11.7 Å². The third-order valence-corrected chi connectivity index (χ3v) is 5.23. The van der Waals surface area contributed by atoms with Crippen LogP contribution in [0.3, 0.4) is 0 Å². The molecule has 1 saturated heterocycles. The number of carbonyl (C=O) groups excluding carboxylic acids is 1. The van der Waals surface area contributed by atoms with Crippen LogP contribution in [0.15, 0.2) is 27.5 Å². The van der Waals surface area contributed by atoms with E-state index in [4.69, 9.17) is 19.1 Å². The molecule has 0 aliphatic carbocycles. The van der Waals surface area contributed by atoms with Crippen molar-refractivity contribution in [3.05, 3.63) is 40.2 Å². The molecule has 1 fully saturated rings. The van der Waals surface area contributed by atoms with Crippen LogP contribution in [-0.2, 0) is 22.6 Å². The molecular formula is C23H25F3N6O6. The maximum Gasteiger partial charge on any atom is 0.490 e. The SMILES string of the molecule is CC#CCn1c(N2CCNCC2)nc2cnn(Cc3ccc(C(=O)OCC)o3)c(=O)c21.O=C(O)C(F)(F)F. The Morgan fingerprint density at radius 1 is 1.26 bits per heavy atom. The van der Waals surface area contributed by atoms with Gasteiger partial charge in [-0.3, -0.25) is 9.36 Å². The number of hydrogen-bond acceptors (Lipinski definition) is 9. The number of hydrogen-bond donors (Lipinski definition) is 2. The van der Waals surface area contributed by atoms with Gasteiger partial charge in [0.25, 0.3) is 5.56 Å². The lowest BCUT2D eigenvalue weighted by atomic mass is 10.4. The number of aromatic nitrogens is 4. The molecule has 15 heteroatoms. The first-order valence-electron chi connectivity index (χ1n) is 11.4. The van der Waals surface area contributed by atoms with Gasteiger partial charge >= 0.3 is 18.1 Å². The number of rotatable bonds is 6. The second-order valence-electron chi connectivity index (χ2n) is 7.79. The number of nitrogens with zero attached hydrogens (tertiary/aromatic N) is 5. The molecule has 4 rings (SSSR count). The fourth-order valence-corrected chi connectivity index (χ4v) is 3.52. The molecular weight excluding hydrogens is 513 g/mol. The lowest BCUT2D eigenvalue weighted by molar-refractivity contribution is -0.192. The number of ether oxygens (including phenoxy) is 1. The van der Waals surface area contributed by atoms with Gasteiger partial charge in [-0.15, -0.1) is 5.92 Å². The molecule has 0 spiro atoms. The first-order chi connectivity index (χ1) is 18.1. The predicted molar refractivity (Wildman–Crippen MR) is 128 cm³/mol. The Morgan fingerprint density at radius 2 is 1.95 bits per heavy atom. The number of fused-ring (bicyclic) bond motifs is 1. The van der Waals surface area contributed by atoms with Crippen LogP contribution in [0.5, 0.6) is 0 Å². The van der Waals surface area contributed by atoms with Gasteiger partial charge in [0.05, 0.1) is 19.3 Å². The maximum atomic E-state index is 13.3. The zero-order valence-electron chi connectivity index (χ0n) is 20.5. The van der Waals surface area contributed by atoms with Crippen LogP contribution in [0.25, 0.3) is 11.0 Å². The van der Waals surface area contributed by atoms with Crippen LogP contribution in [-0.4, -0.2) is 75.3 Å². The summed E-state index contributed by atoms with van der Waals surface area (Å²) in [6.07, 6.45) is -3.51. The first-order valence-corrected chi connectivity index (χ1v) is 11.4. The molecule has 2 N–H and O–H groups in total. The number of anilines is 1. The van der Waals surface area contributed by atoms with Gasteiger partial charge in [-0.05, 0) is 26.0 Å². The number of carboxylic acid groups (broad SMARTS) is 1. The highest BCUT2D eigenvalue weighted by Gasteiger charge is 2.38. The third-order valence-electron chi connectivity index (χ3n) is 5.23. The van der Waals surface area contributed by atoms with Crippen molar-refractivity contribution in [1.82, 2.24) is 24.6 Å². The van der Waals surface area contributed by atoms with Gasteiger partial charge < -0.3 is 24.5 Å².